The van der Waals surface area contributed by atoms with Crippen molar-refractivity contribution in [2.24, 2.45) is 0 Å². The van der Waals surface area contributed by atoms with E-state index in [4.69, 9.17) is 18.9 Å². The molecule has 0 aromatic heterocycles. The molecule has 0 bridgehead atoms. The van der Waals surface area contributed by atoms with E-state index >= 15 is 0 Å². The van der Waals surface area contributed by atoms with Gasteiger partial charge in [0.05, 0.1) is 32.5 Å². The van der Waals surface area contributed by atoms with Gasteiger partial charge >= 0.3 is 0 Å². The summed E-state index contributed by atoms with van der Waals surface area (Å²) in [5, 5.41) is 3.39. The third kappa shape index (κ3) is 5.91. The molecular weight excluding hydrogens is 270 g/mol. The highest BCUT2D eigenvalue weighted by molar-refractivity contribution is 5.46. The fraction of sp³-hybridized carbons (Fsp3) is 0.625. The first-order chi connectivity index (χ1) is 10.2. The van der Waals surface area contributed by atoms with Crippen molar-refractivity contribution in [3.63, 3.8) is 0 Å². The lowest BCUT2D eigenvalue weighted by molar-refractivity contribution is 0.0541. The average molecular weight is 297 g/mol. The molecule has 0 aliphatic heterocycles. The van der Waals surface area contributed by atoms with Gasteiger partial charge in [0.2, 0.25) is 0 Å². The molecule has 0 radical (unpaired) electrons. The van der Waals surface area contributed by atoms with Crippen LogP contribution in [0.15, 0.2) is 18.2 Å². The summed E-state index contributed by atoms with van der Waals surface area (Å²) >= 11 is 0. The van der Waals surface area contributed by atoms with E-state index in [9.17, 15) is 0 Å². The summed E-state index contributed by atoms with van der Waals surface area (Å²) in [6, 6.07) is 6.00. The van der Waals surface area contributed by atoms with Crippen LogP contribution in [0.5, 0.6) is 11.5 Å². The molecule has 0 fully saturated rings. The molecule has 0 saturated heterocycles. The molecule has 1 rings (SSSR count). The molecule has 0 heterocycles. The van der Waals surface area contributed by atoms with Crippen LogP contribution in [0, 0.1) is 0 Å². The molecule has 1 unspecified atom stereocenters. The van der Waals surface area contributed by atoms with Gasteiger partial charge in [-0.15, -0.1) is 0 Å². The van der Waals surface area contributed by atoms with Gasteiger partial charge in [0, 0.05) is 13.2 Å². The maximum Gasteiger partial charge on any atom is 0.127 e. The number of hydrogen-bond donors (Lipinski definition) is 1. The normalized spacial score (nSPS) is 12.2. The highest BCUT2D eigenvalue weighted by Crippen LogP contribution is 2.33. The van der Waals surface area contributed by atoms with Crippen molar-refractivity contribution in [1.29, 1.82) is 0 Å². The Labute approximate surface area is 127 Å². The van der Waals surface area contributed by atoms with Gasteiger partial charge in [0.1, 0.15) is 18.1 Å². The van der Waals surface area contributed by atoms with Crippen LogP contribution >= 0.6 is 0 Å². The van der Waals surface area contributed by atoms with Crippen molar-refractivity contribution in [1.82, 2.24) is 5.32 Å². The molecule has 0 spiro atoms. The van der Waals surface area contributed by atoms with Crippen molar-refractivity contribution in [3.8, 4) is 11.5 Å². The number of benzene rings is 1. The Morgan fingerprint density at radius 2 is 1.76 bits per heavy atom. The number of nitrogens with one attached hydrogen (secondary N) is 1. The van der Waals surface area contributed by atoms with Crippen LogP contribution < -0.4 is 14.8 Å². The first-order valence-corrected chi connectivity index (χ1v) is 7.34. The van der Waals surface area contributed by atoms with E-state index in [2.05, 4.69) is 19.2 Å². The van der Waals surface area contributed by atoms with E-state index in [-0.39, 0.29) is 6.04 Å². The van der Waals surface area contributed by atoms with Crippen LogP contribution in [0.2, 0.25) is 0 Å². The second kappa shape index (κ2) is 10.4. The molecule has 0 saturated carbocycles. The van der Waals surface area contributed by atoms with Crippen molar-refractivity contribution in [2.75, 3.05) is 47.2 Å². The first-order valence-electron chi connectivity index (χ1n) is 7.34. The molecule has 5 nitrogen and oxygen atoms in total. The van der Waals surface area contributed by atoms with E-state index in [1.54, 1.807) is 14.2 Å². The fourth-order valence-electron chi connectivity index (χ4n) is 2.12. The minimum atomic E-state index is 0.163. The number of rotatable bonds is 11. The Morgan fingerprint density at radius 1 is 1.05 bits per heavy atom. The maximum atomic E-state index is 5.84. The average Bonchev–Trinajstić information content (AvgIpc) is 2.50. The van der Waals surface area contributed by atoms with Crippen molar-refractivity contribution in [2.45, 2.75) is 19.9 Å². The fourth-order valence-corrected chi connectivity index (χ4v) is 2.12. The smallest absolute Gasteiger partial charge is 0.127 e. The van der Waals surface area contributed by atoms with Crippen LogP contribution in [-0.2, 0) is 9.47 Å². The molecule has 21 heavy (non-hydrogen) atoms. The summed E-state index contributed by atoms with van der Waals surface area (Å²) < 4.78 is 21.6. The molecule has 0 amide bonds. The zero-order valence-corrected chi connectivity index (χ0v) is 13.5. The molecule has 0 aliphatic rings. The van der Waals surface area contributed by atoms with Gasteiger partial charge in [-0.1, -0.05) is 13.0 Å². The quantitative estimate of drug-likeness (QED) is 0.636. The molecular formula is C16H27NO4. The molecule has 1 aromatic carbocycles. The Balaban J connectivity index is 2.63. The van der Waals surface area contributed by atoms with Crippen LogP contribution in [0.25, 0.3) is 0 Å². The van der Waals surface area contributed by atoms with Crippen LogP contribution in [-0.4, -0.2) is 47.2 Å². The molecule has 1 N–H and O–H groups in total. The lowest BCUT2D eigenvalue weighted by atomic mass is 10.1. The van der Waals surface area contributed by atoms with Gasteiger partial charge < -0.3 is 24.3 Å². The zero-order valence-electron chi connectivity index (χ0n) is 13.5. The molecule has 5 heteroatoms. The van der Waals surface area contributed by atoms with Crippen LogP contribution in [0.3, 0.4) is 0 Å². The van der Waals surface area contributed by atoms with Gasteiger partial charge in [-0.3, -0.25) is 0 Å². The summed E-state index contributed by atoms with van der Waals surface area (Å²) in [5.74, 6) is 1.67. The van der Waals surface area contributed by atoms with E-state index in [0.717, 1.165) is 23.6 Å². The van der Waals surface area contributed by atoms with E-state index in [1.807, 2.05) is 18.2 Å². The van der Waals surface area contributed by atoms with Gasteiger partial charge in [-0.25, -0.2) is 0 Å². The standard InChI is InChI=1S/C16H27NO4/c1-5-17-13(2)16-14(19-4)7-6-8-15(16)21-12-11-20-10-9-18-3/h6-8,13,17H,5,9-12H2,1-4H3. The number of hydrogen-bond acceptors (Lipinski definition) is 5. The Morgan fingerprint density at radius 3 is 2.43 bits per heavy atom. The zero-order chi connectivity index (χ0) is 15.5. The predicted molar refractivity (Wildman–Crippen MR) is 83.3 cm³/mol. The van der Waals surface area contributed by atoms with E-state index < -0.39 is 0 Å². The molecule has 0 aliphatic carbocycles. The van der Waals surface area contributed by atoms with E-state index in [0.29, 0.717) is 26.4 Å². The van der Waals surface area contributed by atoms with Gasteiger partial charge in [-0.05, 0) is 25.6 Å². The third-order valence-corrected chi connectivity index (χ3v) is 3.11. The largest absolute Gasteiger partial charge is 0.496 e. The Bertz CT molecular complexity index is 398. The summed E-state index contributed by atoms with van der Waals surface area (Å²) in [5.41, 5.74) is 1.04. The minimum absolute atomic E-state index is 0.163. The first kappa shape index (κ1) is 17.8. The van der Waals surface area contributed by atoms with Crippen LogP contribution in [0.1, 0.15) is 25.5 Å². The summed E-state index contributed by atoms with van der Waals surface area (Å²) in [4.78, 5) is 0. The maximum absolute atomic E-state index is 5.84. The SMILES string of the molecule is CCNC(C)c1c(OC)cccc1OCCOCCOC. The molecule has 120 valence electrons. The second-order valence-electron chi connectivity index (χ2n) is 4.61. The van der Waals surface area contributed by atoms with E-state index in [1.165, 1.54) is 0 Å². The second-order valence-corrected chi connectivity index (χ2v) is 4.61. The minimum Gasteiger partial charge on any atom is -0.496 e. The Kier molecular flexibility index (Phi) is 8.82. The predicted octanol–water partition coefficient (Wildman–Crippen LogP) is 2.41. The lowest BCUT2D eigenvalue weighted by Gasteiger charge is -2.20. The van der Waals surface area contributed by atoms with Crippen molar-refractivity contribution >= 4 is 0 Å². The van der Waals surface area contributed by atoms with Gasteiger partial charge in [-0.2, -0.15) is 0 Å². The lowest BCUT2D eigenvalue weighted by Crippen LogP contribution is -2.20. The summed E-state index contributed by atoms with van der Waals surface area (Å²) in [6.07, 6.45) is 0. The molecule has 1 atom stereocenters. The number of ether oxygens (including phenoxy) is 4. The van der Waals surface area contributed by atoms with Crippen molar-refractivity contribution in [3.05, 3.63) is 23.8 Å². The highest BCUT2D eigenvalue weighted by Gasteiger charge is 2.16. The monoisotopic (exact) mass is 297 g/mol. The third-order valence-electron chi connectivity index (χ3n) is 3.11. The molecule has 1 aromatic rings. The number of methoxy groups -OCH3 is 2. The summed E-state index contributed by atoms with van der Waals surface area (Å²) in [7, 11) is 3.33. The topological polar surface area (TPSA) is 49.0 Å². The van der Waals surface area contributed by atoms with Crippen molar-refractivity contribution < 1.29 is 18.9 Å². The highest BCUT2D eigenvalue weighted by atomic mass is 16.5. The Hall–Kier alpha value is -1.30. The van der Waals surface area contributed by atoms with Gasteiger partial charge in [0.25, 0.3) is 0 Å². The van der Waals surface area contributed by atoms with Gasteiger partial charge in [0.15, 0.2) is 0 Å². The summed E-state index contributed by atoms with van der Waals surface area (Å²) in [6.45, 7) is 7.29. The van der Waals surface area contributed by atoms with Crippen LogP contribution in [0.4, 0.5) is 0 Å².